The average Bonchev–Trinajstić information content (AvgIpc) is 2.61. The Morgan fingerprint density at radius 3 is 3.14 bits per heavy atom. The van der Waals surface area contributed by atoms with Crippen LogP contribution in [0.5, 0.6) is 5.75 Å². The van der Waals surface area contributed by atoms with Gasteiger partial charge in [0.25, 0.3) is 0 Å². The van der Waals surface area contributed by atoms with E-state index >= 15 is 0 Å². The van der Waals surface area contributed by atoms with E-state index in [-0.39, 0.29) is 11.9 Å². The highest BCUT2D eigenvalue weighted by Gasteiger charge is 2.30. The van der Waals surface area contributed by atoms with E-state index in [4.69, 9.17) is 9.47 Å². The van der Waals surface area contributed by atoms with Crippen molar-refractivity contribution in [1.29, 1.82) is 0 Å². The van der Waals surface area contributed by atoms with E-state index in [0.29, 0.717) is 13.2 Å². The molecule has 1 heterocycles. The van der Waals surface area contributed by atoms with Crippen LogP contribution in [0.1, 0.15) is 18.4 Å². The third-order valence-corrected chi connectivity index (χ3v) is 2.27. The molecule has 0 saturated heterocycles. The standard InChI is InChI=1S/C11H12O3/c1-2-13-11(12)9-7-14-10-6-4-3-5-8(9)10/h3-6,9H,2,7H2,1H3/t9-/m0/s1. The summed E-state index contributed by atoms with van der Waals surface area (Å²) in [7, 11) is 0. The van der Waals surface area contributed by atoms with E-state index in [1.165, 1.54) is 0 Å². The number of carbonyl (C=O) groups is 1. The van der Waals surface area contributed by atoms with Gasteiger partial charge in [-0.15, -0.1) is 0 Å². The zero-order valence-electron chi connectivity index (χ0n) is 8.03. The van der Waals surface area contributed by atoms with Gasteiger partial charge in [0.2, 0.25) is 0 Å². The summed E-state index contributed by atoms with van der Waals surface area (Å²) in [5, 5.41) is 0. The van der Waals surface area contributed by atoms with Gasteiger partial charge in [0.15, 0.2) is 0 Å². The molecule has 1 aromatic carbocycles. The second-order valence-electron chi connectivity index (χ2n) is 3.15. The van der Waals surface area contributed by atoms with Crippen LogP contribution >= 0.6 is 0 Å². The number of benzene rings is 1. The second kappa shape index (κ2) is 3.70. The number of carbonyl (C=O) groups excluding carboxylic acids is 1. The van der Waals surface area contributed by atoms with E-state index in [0.717, 1.165) is 11.3 Å². The summed E-state index contributed by atoms with van der Waals surface area (Å²) in [6, 6.07) is 7.57. The lowest BCUT2D eigenvalue weighted by atomic mass is 10.0. The summed E-state index contributed by atoms with van der Waals surface area (Å²) >= 11 is 0. The number of hydrogen-bond donors (Lipinski definition) is 0. The molecule has 0 saturated carbocycles. The maximum absolute atomic E-state index is 11.5. The predicted octanol–water partition coefficient (Wildman–Crippen LogP) is 1.73. The molecule has 2 rings (SSSR count). The highest BCUT2D eigenvalue weighted by molar-refractivity contribution is 5.80. The lowest BCUT2D eigenvalue weighted by Gasteiger charge is -2.06. The van der Waals surface area contributed by atoms with Crippen LogP contribution in [-0.4, -0.2) is 19.2 Å². The SMILES string of the molecule is CCOC(=O)[C@H]1COc2ccccc21. The van der Waals surface area contributed by atoms with Gasteiger partial charge >= 0.3 is 5.97 Å². The van der Waals surface area contributed by atoms with Gasteiger partial charge in [-0.25, -0.2) is 0 Å². The smallest absolute Gasteiger partial charge is 0.317 e. The van der Waals surface area contributed by atoms with Crippen molar-refractivity contribution in [3.8, 4) is 5.75 Å². The fourth-order valence-corrected chi connectivity index (χ4v) is 1.60. The lowest BCUT2D eigenvalue weighted by Crippen LogP contribution is -2.16. The van der Waals surface area contributed by atoms with Gasteiger partial charge in [-0.05, 0) is 13.0 Å². The largest absolute Gasteiger partial charge is 0.492 e. The Kier molecular flexibility index (Phi) is 2.39. The summed E-state index contributed by atoms with van der Waals surface area (Å²) in [5.41, 5.74) is 0.936. The molecule has 0 aliphatic carbocycles. The normalized spacial score (nSPS) is 18.5. The Morgan fingerprint density at radius 2 is 2.36 bits per heavy atom. The van der Waals surface area contributed by atoms with E-state index < -0.39 is 0 Å². The van der Waals surface area contributed by atoms with Gasteiger partial charge in [0.05, 0.1) is 6.61 Å². The van der Waals surface area contributed by atoms with Crippen LogP contribution < -0.4 is 4.74 Å². The van der Waals surface area contributed by atoms with Crippen LogP contribution in [0.15, 0.2) is 24.3 Å². The maximum Gasteiger partial charge on any atom is 0.317 e. The van der Waals surface area contributed by atoms with Crippen LogP contribution in [0.2, 0.25) is 0 Å². The quantitative estimate of drug-likeness (QED) is 0.669. The molecule has 3 heteroatoms. The number of fused-ring (bicyclic) bond motifs is 1. The molecule has 0 amide bonds. The summed E-state index contributed by atoms with van der Waals surface area (Å²) in [5.74, 6) is 0.356. The molecular formula is C11H12O3. The first-order valence-electron chi connectivity index (χ1n) is 4.71. The van der Waals surface area contributed by atoms with Gasteiger partial charge in [-0.2, -0.15) is 0 Å². The van der Waals surface area contributed by atoms with Crippen molar-refractivity contribution in [2.24, 2.45) is 0 Å². The molecule has 74 valence electrons. The number of hydrogen-bond acceptors (Lipinski definition) is 3. The fraction of sp³-hybridized carbons (Fsp3) is 0.364. The summed E-state index contributed by atoms with van der Waals surface area (Å²) < 4.78 is 10.3. The van der Waals surface area contributed by atoms with Gasteiger partial charge < -0.3 is 9.47 Å². The number of ether oxygens (including phenoxy) is 2. The summed E-state index contributed by atoms with van der Waals surface area (Å²) in [6.45, 7) is 2.62. The van der Waals surface area contributed by atoms with Crippen molar-refractivity contribution in [2.45, 2.75) is 12.8 Å². The highest BCUT2D eigenvalue weighted by Crippen LogP contribution is 2.33. The first-order valence-corrected chi connectivity index (χ1v) is 4.71. The minimum atomic E-state index is -0.244. The third-order valence-electron chi connectivity index (χ3n) is 2.27. The lowest BCUT2D eigenvalue weighted by molar-refractivity contribution is -0.145. The average molecular weight is 192 g/mol. The molecule has 0 unspecified atom stereocenters. The van der Waals surface area contributed by atoms with E-state index in [9.17, 15) is 4.79 Å². The molecule has 3 nitrogen and oxygen atoms in total. The molecule has 14 heavy (non-hydrogen) atoms. The Labute approximate surface area is 82.6 Å². The molecule has 0 aromatic heterocycles. The van der Waals surface area contributed by atoms with E-state index in [1.54, 1.807) is 6.92 Å². The molecule has 1 aliphatic heterocycles. The topological polar surface area (TPSA) is 35.5 Å². The van der Waals surface area contributed by atoms with Gasteiger partial charge in [0.1, 0.15) is 18.3 Å². The van der Waals surface area contributed by atoms with E-state index in [1.807, 2.05) is 24.3 Å². The van der Waals surface area contributed by atoms with Gasteiger partial charge in [-0.1, -0.05) is 18.2 Å². The number of esters is 1. The zero-order valence-corrected chi connectivity index (χ0v) is 8.03. The van der Waals surface area contributed by atoms with Crippen molar-refractivity contribution in [3.05, 3.63) is 29.8 Å². The minimum absolute atomic E-state index is 0.197. The van der Waals surface area contributed by atoms with Crippen molar-refractivity contribution >= 4 is 5.97 Å². The third kappa shape index (κ3) is 1.45. The van der Waals surface area contributed by atoms with Crippen molar-refractivity contribution < 1.29 is 14.3 Å². The maximum atomic E-state index is 11.5. The van der Waals surface area contributed by atoms with Crippen LogP contribution in [0.4, 0.5) is 0 Å². The predicted molar refractivity (Wildman–Crippen MR) is 51.3 cm³/mol. The second-order valence-corrected chi connectivity index (χ2v) is 3.15. The molecule has 1 aliphatic rings. The highest BCUT2D eigenvalue weighted by atomic mass is 16.5. The summed E-state index contributed by atoms with van der Waals surface area (Å²) in [6.07, 6.45) is 0. The molecule has 1 aromatic rings. The Morgan fingerprint density at radius 1 is 1.57 bits per heavy atom. The molecule has 0 bridgehead atoms. The van der Waals surface area contributed by atoms with Crippen LogP contribution in [-0.2, 0) is 9.53 Å². The first-order chi connectivity index (χ1) is 6.83. The number of para-hydroxylation sites is 1. The Bertz CT molecular complexity index is 346. The Hall–Kier alpha value is -1.51. The molecule has 0 spiro atoms. The first kappa shape index (κ1) is 9.06. The molecule has 1 atom stereocenters. The molecular weight excluding hydrogens is 180 g/mol. The number of rotatable bonds is 2. The monoisotopic (exact) mass is 192 g/mol. The van der Waals surface area contributed by atoms with Crippen molar-refractivity contribution in [2.75, 3.05) is 13.2 Å². The minimum Gasteiger partial charge on any atom is -0.492 e. The van der Waals surface area contributed by atoms with Gasteiger partial charge in [0, 0.05) is 5.56 Å². The molecule has 0 radical (unpaired) electrons. The molecule has 0 N–H and O–H groups in total. The van der Waals surface area contributed by atoms with Gasteiger partial charge in [-0.3, -0.25) is 4.79 Å². The van der Waals surface area contributed by atoms with Crippen LogP contribution in [0.25, 0.3) is 0 Å². The van der Waals surface area contributed by atoms with Crippen molar-refractivity contribution in [3.63, 3.8) is 0 Å². The fourth-order valence-electron chi connectivity index (χ4n) is 1.60. The van der Waals surface area contributed by atoms with Crippen LogP contribution in [0.3, 0.4) is 0 Å². The zero-order chi connectivity index (χ0) is 9.97. The van der Waals surface area contributed by atoms with Crippen molar-refractivity contribution in [1.82, 2.24) is 0 Å². The van der Waals surface area contributed by atoms with E-state index in [2.05, 4.69) is 0 Å². The Balaban J connectivity index is 2.21. The van der Waals surface area contributed by atoms with Crippen LogP contribution in [0, 0.1) is 0 Å². The summed E-state index contributed by atoms with van der Waals surface area (Å²) in [4.78, 5) is 11.5. The molecule has 0 fully saturated rings.